The first-order valence-corrected chi connectivity index (χ1v) is 7.02. The minimum Gasteiger partial charge on any atom is -0.497 e. The zero-order valence-corrected chi connectivity index (χ0v) is 12.2. The van der Waals surface area contributed by atoms with Gasteiger partial charge in [0.25, 0.3) is 0 Å². The van der Waals surface area contributed by atoms with E-state index in [4.69, 9.17) is 9.84 Å². The summed E-state index contributed by atoms with van der Waals surface area (Å²) >= 11 is 0. The monoisotopic (exact) mass is 286 g/mol. The summed E-state index contributed by atoms with van der Waals surface area (Å²) in [5, 5.41) is 9.14. The average Bonchev–Trinajstić information content (AvgIpc) is 2.89. The van der Waals surface area contributed by atoms with Gasteiger partial charge >= 0.3 is 5.97 Å². The van der Waals surface area contributed by atoms with Crippen LogP contribution in [0.4, 0.5) is 0 Å². The number of carbonyl (C=O) groups is 1. The molecule has 0 aliphatic carbocycles. The maximum Gasteiger partial charge on any atom is 0.308 e. The molecule has 1 aliphatic heterocycles. The van der Waals surface area contributed by atoms with Crippen molar-refractivity contribution in [2.75, 3.05) is 7.11 Å². The molecule has 1 aliphatic rings. The number of carboxylic acid groups (broad SMARTS) is 1. The number of benzene rings is 1. The molecule has 0 radical (unpaired) electrons. The van der Waals surface area contributed by atoms with E-state index in [0.717, 1.165) is 28.4 Å². The first kappa shape index (κ1) is 13.7. The van der Waals surface area contributed by atoms with Crippen LogP contribution < -0.4 is 4.74 Å². The summed E-state index contributed by atoms with van der Waals surface area (Å²) in [4.78, 5) is 15.8. The first-order chi connectivity index (χ1) is 10.1. The van der Waals surface area contributed by atoms with Crippen LogP contribution in [-0.2, 0) is 17.8 Å². The van der Waals surface area contributed by atoms with Crippen LogP contribution in [0.2, 0.25) is 0 Å². The van der Waals surface area contributed by atoms with Crippen molar-refractivity contribution in [1.29, 1.82) is 0 Å². The molecule has 1 aromatic heterocycles. The van der Waals surface area contributed by atoms with Crippen molar-refractivity contribution >= 4 is 5.97 Å². The van der Waals surface area contributed by atoms with E-state index in [2.05, 4.69) is 4.98 Å². The lowest BCUT2D eigenvalue weighted by Crippen LogP contribution is -2.26. The van der Waals surface area contributed by atoms with Gasteiger partial charge in [-0.3, -0.25) is 4.79 Å². The predicted molar refractivity (Wildman–Crippen MR) is 78.4 cm³/mol. The van der Waals surface area contributed by atoms with E-state index in [0.29, 0.717) is 19.4 Å². The number of methoxy groups -OCH3 is 1. The Morgan fingerprint density at radius 3 is 2.95 bits per heavy atom. The lowest BCUT2D eigenvalue weighted by Gasteiger charge is -2.19. The highest BCUT2D eigenvalue weighted by atomic mass is 16.5. The summed E-state index contributed by atoms with van der Waals surface area (Å²) in [6.07, 6.45) is 3.33. The topological polar surface area (TPSA) is 64.4 Å². The molecule has 5 heteroatoms. The Bertz CT molecular complexity index is 691. The fourth-order valence-electron chi connectivity index (χ4n) is 2.83. The van der Waals surface area contributed by atoms with E-state index in [1.54, 1.807) is 7.11 Å². The Morgan fingerprint density at radius 1 is 1.48 bits per heavy atom. The van der Waals surface area contributed by atoms with Crippen molar-refractivity contribution in [3.05, 3.63) is 35.8 Å². The summed E-state index contributed by atoms with van der Waals surface area (Å²) < 4.78 is 7.19. The van der Waals surface area contributed by atoms with Crippen LogP contribution in [0.3, 0.4) is 0 Å². The van der Waals surface area contributed by atoms with Crippen molar-refractivity contribution in [2.24, 2.45) is 5.92 Å². The second kappa shape index (κ2) is 5.24. The molecular weight excluding hydrogens is 268 g/mol. The minimum absolute atomic E-state index is 0.309. The standard InChI is InChI=1S/C16H18N2O3/c1-10-7-12(21-2)4-5-13(10)14-9-18-8-11(16(19)20)3-6-15(18)17-14/h4-5,7,9,11H,3,6,8H2,1-2H3,(H,19,20). The highest BCUT2D eigenvalue weighted by molar-refractivity contribution is 5.70. The molecule has 1 unspecified atom stereocenters. The number of rotatable bonds is 3. The smallest absolute Gasteiger partial charge is 0.308 e. The molecule has 1 N–H and O–H groups in total. The molecule has 110 valence electrons. The Morgan fingerprint density at radius 2 is 2.29 bits per heavy atom. The number of carboxylic acids is 1. The highest BCUT2D eigenvalue weighted by Gasteiger charge is 2.25. The van der Waals surface area contributed by atoms with E-state index in [1.807, 2.05) is 35.9 Å². The van der Waals surface area contributed by atoms with Gasteiger partial charge in [0.15, 0.2) is 0 Å². The number of aryl methyl sites for hydroxylation is 2. The third kappa shape index (κ3) is 2.51. The quantitative estimate of drug-likeness (QED) is 0.941. The predicted octanol–water partition coefficient (Wildman–Crippen LogP) is 2.51. The Kier molecular flexibility index (Phi) is 3.41. The van der Waals surface area contributed by atoms with E-state index >= 15 is 0 Å². The molecular formula is C16H18N2O3. The summed E-state index contributed by atoms with van der Waals surface area (Å²) in [7, 11) is 1.65. The maximum atomic E-state index is 11.1. The zero-order chi connectivity index (χ0) is 15.0. The number of hydrogen-bond acceptors (Lipinski definition) is 3. The first-order valence-electron chi connectivity index (χ1n) is 7.02. The normalized spacial score (nSPS) is 17.3. The summed E-state index contributed by atoms with van der Waals surface area (Å²) in [5.41, 5.74) is 3.06. The van der Waals surface area contributed by atoms with E-state index in [-0.39, 0.29) is 5.92 Å². The third-order valence-corrected chi connectivity index (χ3v) is 4.05. The van der Waals surface area contributed by atoms with Gasteiger partial charge < -0.3 is 14.4 Å². The number of aromatic nitrogens is 2. The number of nitrogens with zero attached hydrogens (tertiary/aromatic N) is 2. The molecule has 0 amide bonds. The van der Waals surface area contributed by atoms with Gasteiger partial charge in [0.05, 0.1) is 18.7 Å². The molecule has 2 heterocycles. The van der Waals surface area contributed by atoms with Gasteiger partial charge in [0.1, 0.15) is 11.6 Å². The summed E-state index contributed by atoms with van der Waals surface area (Å²) in [5.74, 6) is 0.761. The molecule has 2 aromatic rings. The molecule has 1 aromatic carbocycles. The van der Waals surface area contributed by atoms with Crippen molar-refractivity contribution in [1.82, 2.24) is 9.55 Å². The lowest BCUT2D eigenvalue weighted by atomic mass is 10.00. The summed E-state index contributed by atoms with van der Waals surface area (Å²) in [6, 6.07) is 5.89. The third-order valence-electron chi connectivity index (χ3n) is 4.05. The number of imidazole rings is 1. The number of fused-ring (bicyclic) bond motifs is 1. The van der Waals surface area contributed by atoms with Crippen LogP contribution >= 0.6 is 0 Å². The number of ether oxygens (including phenoxy) is 1. The van der Waals surface area contributed by atoms with Crippen LogP contribution in [0, 0.1) is 12.8 Å². The molecule has 3 rings (SSSR count). The van der Waals surface area contributed by atoms with Crippen molar-refractivity contribution in [2.45, 2.75) is 26.3 Å². The van der Waals surface area contributed by atoms with Gasteiger partial charge in [-0.25, -0.2) is 4.98 Å². The van der Waals surface area contributed by atoms with E-state index < -0.39 is 5.97 Å². The number of hydrogen-bond donors (Lipinski definition) is 1. The van der Waals surface area contributed by atoms with Gasteiger partial charge in [-0.2, -0.15) is 0 Å². The number of aliphatic carboxylic acids is 1. The van der Waals surface area contributed by atoms with Crippen LogP contribution in [0.25, 0.3) is 11.3 Å². The molecule has 0 saturated heterocycles. The van der Waals surface area contributed by atoms with Crippen LogP contribution in [0.5, 0.6) is 5.75 Å². The van der Waals surface area contributed by atoms with Crippen molar-refractivity contribution in [3.63, 3.8) is 0 Å². The molecule has 0 saturated carbocycles. The lowest BCUT2D eigenvalue weighted by molar-refractivity contribution is -0.142. The van der Waals surface area contributed by atoms with Gasteiger partial charge in [0, 0.05) is 24.7 Å². The average molecular weight is 286 g/mol. The molecule has 0 fully saturated rings. The Labute approximate surface area is 123 Å². The SMILES string of the molecule is COc1ccc(-c2cn3c(n2)CCC(C(=O)O)C3)c(C)c1. The fraction of sp³-hybridized carbons (Fsp3) is 0.375. The van der Waals surface area contributed by atoms with E-state index in [9.17, 15) is 4.79 Å². The van der Waals surface area contributed by atoms with Crippen molar-refractivity contribution < 1.29 is 14.6 Å². The molecule has 21 heavy (non-hydrogen) atoms. The second-order valence-electron chi connectivity index (χ2n) is 5.45. The molecule has 0 spiro atoms. The van der Waals surface area contributed by atoms with Gasteiger partial charge in [-0.05, 0) is 37.1 Å². The second-order valence-corrected chi connectivity index (χ2v) is 5.45. The Hall–Kier alpha value is -2.30. The molecule has 1 atom stereocenters. The summed E-state index contributed by atoms with van der Waals surface area (Å²) in [6.45, 7) is 2.53. The minimum atomic E-state index is -0.725. The Balaban J connectivity index is 1.93. The van der Waals surface area contributed by atoms with Crippen LogP contribution in [0.1, 0.15) is 17.8 Å². The molecule has 5 nitrogen and oxygen atoms in total. The van der Waals surface area contributed by atoms with E-state index in [1.165, 1.54) is 0 Å². The largest absolute Gasteiger partial charge is 0.497 e. The molecule has 0 bridgehead atoms. The van der Waals surface area contributed by atoms with Gasteiger partial charge in [0.2, 0.25) is 0 Å². The fourth-order valence-corrected chi connectivity index (χ4v) is 2.83. The zero-order valence-electron chi connectivity index (χ0n) is 12.2. The highest BCUT2D eigenvalue weighted by Crippen LogP contribution is 2.29. The van der Waals surface area contributed by atoms with Crippen molar-refractivity contribution in [3.8, 4) is 17.0 Å². The van der Waals surface area contributed by atoms with Gasteiger partial charge in [-0.15, -0.1) is 0 Å². The maximum absolute atomic E-state index is 11.1. The van der Waals surface area contributed by atoms with Crippen LogP contribution in [-0.4, -0.2) is 27.7 Å². The van der Waals surface area contributed by atoms with Crippen LogP contribution in [0.15, 0.2) is 24.4 Å². The van der Waals surface area contributed by atoms with Gasteiger partial charge in [-0.1, -0.05) is 0 Å².